The van der Waals surface area contributed by atoms with Gasteiger partial charge in [0.2, 0.25) is 5.95 Å². The van der Waals surface area contributed by atoms with Crippen molar-refractivity contribution in [2.75, 3.05) is 47.8 Å². The lowest BCUT2D eigenvalue weighted by Crippen LogP contribution is -2.47. The van der Waals surface area contributed by atoms with E-state index in [2.05, 4.69) is 25.1 Å². The molecule has 0 aliphatic carbocycles. The van der Waals surface area contributed by atoms with E-state index in [4.69, 9.17) is 0 Å². The Kier molecular flexibility index (Phi) is 5.84. The summed E-state index contributed by atoms with van der Waals surface area (Å²) >= 11 is 0. The van der Waals surface area contributed by atoms with Gasteiger partial charge >= 0.3 is 0 Å². The Morgan fingerprint density at radius 1 is 0.862 bits per heavy atom. The van der Waals surface area contributed by atoms with E-state index in [9.17, 15) is 8.78 Å². The van der Waals surface area contributed by atoms with E-state index >= 15 is 0 Å². The number of hydrogen-bond donors (Lipinski definition) is 1. The van der Waals surface area contributed by atoms with Crippen molar-refractivity contribution in [1.29, 1.82) is 0 Å². The monoisotopic (exact) mass is 395 g/mol. The lowest BCUT2D eigenvalue weighted by Gasteiger charge is -2.36. The molecule has 2 aromatic carbocycles. The van der Waals surface area contributed by atoms with Crippen molar-refractivity contribution in [1.82, 2.24) is 9.97 Å². The molecule has 2 heterocycles. The van der Waals surface area contributed by atoms with Crippen LogP contribution in [0.15, 0.2) is 60.8 Å². The molecular weight excluding hydrogens is 372 g/mol. The molecule has 0 atom stereocenters. The summed E-state index contributed by atoms with van der Waals surface area (Å²) in [6.45, 7) is 3.59. The summed E-state index contributed by atoms with van der Waals surface area (Å²) in [6.07, 6.45) is 2.52. The first kappa shape index (κ1) is 19.1. The molecule has 1 aromatic heterocycles. The van der Waals surface area contributed by atoms with E-state index in [1.165, 1.54) is 18.2 Å². The Bertz CT molecular complexity index is 940. The normalized spacial score (nSPS) is 14.1. The summed E-state index contributed by atoms with van der Waals surface area (Å²) in [6, 6.07) is 15.2. The zero-order valence-electron chi connectivity index (χ0n) is 16.1. The van der Waals surface area contributed by atoms with Gasteiger partial charge in [0.15, 0.2) is 0 Å². The molecule has 0 amide bonds. The molecule has 0 saturated carbocycles. The van der Waals surface area contributed by atoms with Crippen LogP contribution in [0, 0.1) is 11.6 Å². The molecule has 1 N–H and O–H groups in total. The van der Waals surface area contributed by atoms with E-state index in [1.54, 1.807) is 24.4 Å². The molecule has 5 nitrogen and oxygen atoms in total. The maximum atomic E-state index is 14.0. The SMILES string of the molecule is Fc1ccc(CCNc2ccnc(N3CCN(c4ccccc4F)CC3)n2)cc1. The molecule has 1 aliphatic heterocycles. The van der Waals surface area contributed by atoms with Crippen molar-refractivity contribution in [2.45, 2.75) is 6.42 Å². The fraction of sp³-hybridized carbons (Fsp3) is 0.273. The Hall–Kier alpha value is -3.22. The van der Waals surface area contributed by atoms with Crippen molar-refractivity contribution >= 4 is 17.5 Å². The van der Waals surface area contributed by atoms with Gasteiger partial charge < -0.3 is 15.1 Å². The Morgan fingerprint density at radius 2 is 1.59 bits per heavy atom. The first-order chi connectivity index (χ1) is 14.2. The summed E-state index contributed by atoms with van der Waals surface area (Å²) in [5.41, 5.74) is 1.71. The molecule has 4 rings (SSSR count). The molecule has 3 aromatic rings. The zero-order chi connectivity index (χ0) is 20.1. The predicted octanol–water partition coefficient (Wildman–Crippen LogP) is 3.74. The average molecular weight is 395 g/mol. The summed E-state index contributed by atoms with van der Waals surface area (Å²) in [5, 5.41) is 3.30. The third kappa shape index (κ3) is 4.80. The number of halogens is 2. The highest BCUT2D eigenvalue weighted by Gasteiger charge is 2.21. The quantitative estimate of drug-likeness (QED) is 0.689. The number of nitrogens with one attached hydrogen (secondary N) is 1. The minimum Gasteiger partial charge on any atom is -0.370 e. The minimum absolute atomic E-state index is 0.190. The Morgan fingerprint density at radius 3 is 2.34 bits per heavy atom. The van der Waals surface area contributed by atoms with Crippen LogP contribution in [0.1, 0.15) is 5.56 Å². The number of hydrogen-bond acceptors (Lipinski definition) is 5. The third-order valence-electron chi connectivity index (χ3n) is 5.03. The second kappa shape index (κ2) is 8.86. The van der Waals surface area contributed by atoms with Gasteiger partial charge in [0.25, 0.3) is 0 Å². The van der Waals surface area contributed by atoms with Crippen molar-refractivity contribution in [2.24, 2.45) is 0 Å². The lowest BCUT2D eigenvalue weighted by molar-refractivity contribution is 0.594. The van der Waals surface area contributed by atoms with Gasteiger partial charge in [-0.25, -0.2) is 13.8 Å². The number of benzene rings is 2. The van der Waals surface area contributed by atoms with Crippen molar-refractivity contribution < 1.29 is 8.78 Å². The maximum absolute atomic E-state index is 14.0. The Labute approximate surface area is 169 Å². The first-order valence-electron chi connectivity index (χ1n) is 9.75. The van der Waals surface area contributed by atoms with Crippen LogP contribution in [0.2, 0.25) is 0 Å². The molecule has 29 heavy (non-hydrogen) atoms. The van der Waals surface area contributed by atoms with Gasteiger partial charge in [-0.15, -0.1) is 0 Å². The summed E-state index contributed by atoms with van der Waals surface area (Å²) in [5.74, 6) is 1.01. The molecule has 1 fully saturated rings. The van der Waals surface area contributed by atoms with Crippen LogP contribution in [-0.2, 0) is 6.42 Å². The van der Waals surface area contributed by atoms with Crippen LogP contribution < -0.4 is 15.1 Å². The average Bonchev–Trinajstić information content (AvgIpc) is 2.76. The zero-order valence-corrected chi connectivity index (χ0v) is 16.1. The predicted molar refractivity (Wildman–Crippen MR) is 111 cm³/mol. The van der Waals surface area contributed by atoms with Gasteiger partial charge in [0, 0.05) is 38.9 Å². The number of piperazine rings is 1. The summed E-state index contributed by atoms with van der Waals surface area (Å²) in [7, 11) is 0. The molecule has 0 radical (unpaired) electrons. The molecule has 1 aliphatic rings. The maximum Gasteiger partial charge on any atom is 0.227 e. The number of anilines is 3. The van der Waals surface area contributed by atoms with E-state index in [0.717, 1.165) is 30.9 Å². The van der Waals surface area contributed by atoms with Gasteiger partial charge in [-0.2, -0.15) is 4.98 Å². The van der Waals surface area contributed by atoms with Crippen molar-refractivity contribution in [3.63, 3.8) is 0 Å². The largest absolute Gasteiger partial charge is 0.370 e. The van der Waals surface area contributed by atoms with Crippen molar-refractivity contribution in [3.05, 3.63) is 78.0 Å². The van der Waals surface area contributed by atoms with Crippen LogP contribution in [0.3, 0.4) is 0 Å². The number of aromatic nitrogens is 2. The van der Waals surface area contributed by atoms with Gasteiger partial charge in [0.05, 0.1) is 5.69 Å². The van der Waals surface area contributed by atoms with E-state index in [1.807, 2.05) is 18.2 Å². The van der Waals surface area contributed by atoms with Crippen LogP contribution in [0.5, 0.6) is 0 Å². The van der Waals surface area contributed by atoms with Crippen LogP contribution in [-0.4, -0.2) is 42.7 Å². The summed E-state index contributed by atoms with van der Waals surface area (Å²) in [4.78, 5) is 13.2. The lowest BCUT2D eigenvalue weighted by atomic mass is 10.1. The molecule has 1 saturated heterocycles. The smallest absolute Gasteiger partial charge is 0.227 e. The molecular formula is C22H23F2N5. The number of rotatable bonds is 6. The van der Waals surface area contributed by atoms with Crippen LogP contribution >= 0.6 is 0 Å². The second-order valence-corrected chi connectivity index (χ2v) is 6.97. The first-order valence-corrected chi connectivity index (χ1v) is 9.75. The highest BCUT2D eigenvalue weighted by atomic mass is 19.1. The van der Waals surface area contributed by atoms with E-state index in [-0.39, 0.29) is 11.6 Å². The van der Waals surface area contributed by atoms with Crippen molar-refractivity contribution in [3.8, 4) is 0 Å². The van der Waals surface area contributed by atoms with Crippen LogP contribution in [0.25, 0.3) is 0 Å². The highest BCUT2D eigenvalue weighted by Crippen LogP contribution is 2.21. The second-order valence-electron chi connectivity index (χ2n) is 6.97. The Balaban J connectivity index is 1.32. The summed E-state index contributed by atoms with van der Waals surface area (Å²) < 4.78 is 27.0. The molecule has 0 unspecified atom stereocenters. The van der Waals surface area contributed by atoms with E-state index in [0.29, 0.717) is 31.3 Å². The standard InChI is InChI=1S/C22H23F2N5/c23-18-7-5-17(6-8-18)9-11-25-21-10-12-26-22(27-21)29-15-13-28(14-16-29)20-4-2-1-3-19(20)24/h1-8,10,12H,9,11,13-16H2,(H,25,26,27). The molecule has 150 valence electrons. The van der Waals surface area contributed by atoms with E-state index < -0.39 is 0 Å². The van der Waals surface area contributed by atoms with Gasteiger partial charge in [-0.05, 0) is 42.3 Å². The minimum atomic E-state index is -0.225. The highest BCUT2D eigenvalue weighted by molar-refractivity contribution is 5.50. The van der Waals surface area contributed by atoms with Gasteiger partial charge in [-0.1, -0.05) is 24.3 Å². The molecule has 7 heteroatoms. The van der Waals surface area contributed by atoms with Crippen LogP contribution in [0.4, 0.5) is 26.2 Å². The fourth-order valence-corrected chi connectivity index (χ4v) is 3.44. The fourth-order valence-electron chi connectivity index (χ4n) is 3.44. The molecule has 0 bridgehead atoms. The third-order valence-corrected chi connectivity index (χ3v) is 5.03. The number of nitrogens with zero attached hydrogens (tertiary/aromatic N) is 4. The van der Waals surface area contributed by atoms with Gasteiger partial charge in [0.1, 0.15) is 17.5 Å². The van der Waals surface area contributed by atoms with Gasteiger partial charge in [-0.3, -0.25) is 0 Å². The number of para-hydroxylation sites is 1. The topological polar surface area (TPSA) is 44.3 Å². The molecule has 0 spiro atoms.